The maximum Gasteiger partial charge on any atom is 0.273 e. The molecule has 9 nitrogen and oxygen atoms in total. The molecule has 0 unspecified atom stereocenters. The van der Waals surface area contributed by atoms with Crippen LogP contribution in [0.2, 0.25) is 0 Å². The number of primary amides is 1. The van der Waals surface area contributed by atoms with Gasteiger partial charge in [0.25, 0.3) is 5.91 Å². The van der Waals surface area contributed by atoms with Gasteiger partial charge in [-0.25, -0.2) is 9.97 Å². The fraction of sp³-hybridized carbons (Fsp3) is 0.263. The molecule has 1 aromatic carbocycles. The summed E-state index contributed by atoms with van der Waals surface area (Å²) < 4.78 is 0. The Hall–Kier alpha value is -3.62. The van der Waals surface area contributed by atoms with Gasteiger partial charge in [-0.3, -0.25) is 4.79 Å². The van der Waals surface area contributed by atoms with E-state index in [0.29, 0.717) is 11.8 Å². The molecule has 0 aliphatic carbocycles. The highest BCUT2D eigenvalue weighted by molar-refractivity contribution is 5.96. The Labute approximate surface area is 162 Å². The van der Waals surface area contributed by atoms with Crippen LogP contribution in [0.3, 0.4) is 0 Å². The molecule has 3 N–H and O–H groups in total. The summed E-state index contributed by atoms with van der Waals surface area (Å²) in [5, 5.41) is 11.3. The standard InChI is InChI=1S/C19H20N8O/c20-16(28)15-18(24-19(26-25-15)27-10-2-1-3-11-27)23-14-7-4-6-13(12-14)17-21-8-5-9-22-17/h4-9,12H,1-3,10-11H2,(H2,20,28)(H,23,24,26). The first-order valence-electron chi connectivity index (χ1n) is 9.14. The summed E-state index contributed by atoms with van der Waals surface area (Å²) in [6.07, 6.45) is 6.74. The molecule has 1 aliphatic rings. The van der Waals surface area contributed by atoms with Gasteiger partial charge in [0.1, 0.15) is 0 Å². The Kier molecular flexibility index (Phi) is 5.05. The number of benzene rings is 1. The normalized spacial score (nSPS) is 13.9. The van der Waals surface area contributed by atoms with Crippen molar-refractivity contribution in [2.24, 2.45) is 5.73 Å². The predicted molar refractivity (Wildman–Crippen MR) is 105 cm³/mol. The van der Waals surface area contributed by atoms with Crippen molar-refractivity contribution in [2.75, 3.05) is 23.3 Å². The second-order valence-corrected chi connectivity index (χ2v) is 6.50. The molecule has 0 bridgehead atoms. The van der Waals surface area contributed by atoms with E-state index < -0.39 is 5.91 Å². The van der Waals surface area contributed by atoms with Crippen molar-refractivity contribution in [1.29, 1.82) is 0 Å². The number of nitrogens with one attached hydrogen (secondary N) is 1. The first kappa shape index (κ1) is 17.8. The molecule has 142 valence electrons. The summed E-state index contributed by atoms with van der Waals surface area (Å²) in [6, 6.07) is 9.28. The van der Waals surface area contributed by atoms with Crippen LogP contribution in [-0.2, 0) is 0 Å². The lowest BCUT2D eigenvalue weighted by atomic mass is 10.1. The number of amides is 1. The molecule has 1 saturated heterocycles. The van der Waals surface area contributed by atoms with Crippen molar-refractivity contribution in [3.63, 3.8) is 0 Å². The number of aromatic nitrogens is 5. The maximum atomic E-state index is 11.8. The highest BCUT2D eigenvalue weighted by Crippen LogP contribution is 2.24. The van der Waals surface area contributed by atoms with Gasteiger partial charge in [0.15, 0.2) is 17.3 Å². The number of hydrogen-bond acceptors (Lipinski definition) is 8. The van der Waals surface area contributed by atoms with Crippen LogP contribution in [0.15, 0.2) is 42.7 Å². The van der Waals surface area contributed by atoms with E-state index >= 15 is 0 Å². The molecule has 0 saturated carbocycles. The fourth-order valence-electron chi connectivity index (χ4n) is 3.12. The van der Waals surface area contributed by atoms with Crippen molar-refractivity contribution in [3.8, 4) is 11.4 Å². The van der Waals surface area contributed by atoms with Crippen molar-refractivity contribution in [1.82, 2.24) is 25.1 Å². The van der Waals surface area contributed by atoms with E-state index in [9.17, 15) is 4.79 Å². The molecule has 3 heterocycles. The molecule has 1 aliphatic heterocycles. The monoisotopic (exact) mass is 376 g/mol. The average molecular weight is 376 g/mol. The summed E-state index contributed by atoms with van der Waals surface area (Å²) in [5.41, 5.74) is 7.02. The van der Waals surface area contributed by atoms with Crippen molar-refractivity contribution < 1.29 is 4.79 Å². The van der Waals surface area contributed by atoms with Gasteiger partial charge in [-0.05, 0) is 37.5 Å². The average Bonchev–Trinajstić information content (AvgIpc) is 2.75. The second kappa shape index (κ2) is 7.95. The molecule has 0 radical (unpaired) electrons. The SMILES string of the molecule is NC(=O)c1nnc(N2CCCCC2)nc1Nc1cccc(-c2ncccn2)c1. The van der Waals surface area contributed by atoms with E-state index in [4.69, 9.17) is 5.73 Å². The Balaban J connectivity index is 1.65. The molecule has 28 heavy (non-hydrogen) atoms. The largest absolute Gasteiger partial charge is 0.364 e. The molecule has 1 fully saturated rings. The van der Waals surface area contributed by atoms with Crippen LogP contribution < -0.4 is 16.0 Å². The van der Waals surface area contributed by atoms with Gasteiger partial charge in [0.2, 0.25) is 5.95 Å². The van der Waals surface area contributed by atoms with E-state index in [1.165, 1.54) is 6.42 Å². The highest BCUT2D eigenvalue weighted by Gasteiger charge is 2.19. The molecular formula is C19H20N8O. The summed E-state index contributed by atoms with van der Waals surface area (Å²) in [4.78, 5) is 26.9. The van der Waals surface area contributed by atoms with Crippen LogP contribution in [0.5, 0.6) is 0 Å². The molecule has 0 spiro atoms. The first-order chi connectivity index (χ1) is 13.7. The molecule has 2 aromatic heterocycles. The molecule has 4 rings (SSSR count). The van der Waals surface area contributed by atoms with Gasteiger partial charge < -0.3 is 16.0 Å². The smallest absolute Gasteiger partial charge is 0.273 e. The van der Waals surface area contributed by atoms with Crippen LogP contribution in [0.1, 0.15) is 29.8 Å². The number of nitrogens with two attached hydrogens (primary N) is 1. The highest BCUT2D eigenvalue weighted by atomic mass is 16.1. The van der Waals surface area contributed by atoms with Crippen molar-refractivity contribution in [3.05, 3.63) is 48.4 Å². The molecule has 1 amide bonds. The van der Waals surface area contributed by atoms with Gasteiger partial charge in [-0.2, -0.15) is 4.98 Å². The Bertz CT molecular complexity index is 973. The topological polar surface area (TPSA) is 123 Å². The Morgan fingerprint density at radius 1 is 1.04 bits per heavy atom. The number of piperidine rings is 1. The minimum Gasteiger partial charge on any atom is -0.364 e. The summed E-state index contributed by atoms with van der Waals surface area (Å²) in [6.45, 7) is 1.75. The minimum absolute atomic E-state index is 0.00197. The van der Waals surface area contributed by atoms with E-state index in [1.54, 1.807) is 18.5 Å². The minimum atomic E-state index is -0.685. The third-order valence-electron chi connectivity index (χ3n) is 4.50. The van der Waals surface area contributed by atoms with Gasteiger partial charge in [-0.1, -0.05) is 12.1 Å². The third kappa shape index (κ3) is 3.88. The molecular weight excluding hydrogens is 356 g/mol. The van der Waals surface area contributed by atoms with Crippen molar-refractivity contribution >= 4 is 23.4 Å². The number of rotatable bonds is 5. The number of carbonyl (C=O) groups excluding carboxylic acids is 1. The Morgan fingerprint density at radius 3 is 2.57 bits per heavy atom. The molecule has 0 atom stereocenters. The number of carbonyl (C=O) groups is 1. The molecule has 9 heteroatoms. The third-order valence-corrected chi connectivity index (χ3v) is 4.50. The summed E-state index contributed by atoms with van der Waals surface area (Å²) in [7, 11) is 0. The van der Waals surface area contributed by atoms with Crippen LogP contribution in [0.25, 0.3) is 11.4 Å². The van der Waals surface area contributed by atoms with Crippen LogP contribution in [0, 0.1) is 0 Å². The van der Waals surface area contributed by atoms with Gasteiger partial charge in [-0.15, -0.1) is 10.2 Å². The van der Waals surface area contributed by atoms with Crippen LogP contribution >= 0.6 is 0 Å². The van der Waals surface area contributed by atoms with E-state index in [1.807, 2.05) is 24.3 Å². The summed E-state index contributed by atoms with van der Waals surface area (Å²) >= 11 is 0. The summed E-state index contributed by atoms with van der Waals surface area (Å²) in [5.74, 6) is 0.704. The maximum absolute atomic E-state index is 11.8. The van der Waals surface area contributed by atoms with E-state index in [0.717, 1.165) is 37.2 Å². The number of hydrogen-bond donors (Lipinski definition) is 2. The van der Waals surface area contributed by atoms with Crippen molar-refractivity contribution in [2.45, 2.75) is 19.3 Å². The van der Waals surface area contributed by atoms with Gasteiger partial charge >= 0.3 is 0 Å². The fourth-order valence-corrected chi connectivity index (χ4v) is 3.12. The van der Waals surface area contributed by atoms with Crippen LogP contribution in [0.4, 0.5) is 17.5 Å². The zero-order chi connectivity index (χ0) is 19.3. The predicted octanol–water partition coefficient (Wildman–Crippen LogP) is 2.16. The van der Waals surface area contributed by atoms with Gasteiger partial charge in [0.05, 0.1) is 0 Å². The number of nitrogens with zero attached hydrogens (tertiary/aromatic N) is 6. The van der Waals surface area contributed by atoms with E-state index in [2.05, 4.69) is 35.4 Å². The van der Waals surface area contributed by atoms with Gasteiger partial charge in [0, 0.05) is 36.7 Å². The Morgan fingerprint density at radius 2 is 1.82 bits per heavy atom. The zero-order valence-corrected chi connectivity index (χ0v) is 15.2. The lowest BCUT2D eigenvalue weighted by Crippen LogP contribution is -2.32. The second-order valence-electron chi connectivity index (χ2n) is 6.50. The quantitative estimate of drug-likeness (QED) is 0.694. The van der Waals surface area contributed by atoms with E-state index in [-0.39, 0.29) is 11.5 Å². The number of anilines is 3. The lowest BCUT2D eigenvalue weighted by Gasteiger charge is -2.26. The molecule has 3 aromatic rings. The zero-order valence-electron chi connectivity index (χ0n) is 15.2. The lowest BCUT2D eigenvalue weighted by molar-refractivity contribution is 0.0995. The first-order valence-corrected chi connectivity index (χ1v) is 9.14. The van der Waals surface area contributed by atoms with Crippen LogP contribution in [-0.4, -0.2) is 44.1 Å².